The van der Waals surface area contributed by atoms with E-state index in [0.717, 1.165) is 0 Å². The predicted octanol–water partition coefficient (Wildman–Crippen LogP) is -3.83. The smallest absolute Gasteiger partial charge is 0.326 e. The van der Waals surface area contributed by atoms with Crippen LogP contribution in [0.3, 0.4) is 0 Å². The van der Waals surface area contributed by atoms with Crippen LogP contribution in [0.2, 0.25) is 0 Å². The van der Waals surface area contributed by atoms with Crippen molar-refractivity contribution < 1.29 is 91.4 Å². The summed E-state index contributed by atoms with van der Waals surface area (Å²) in [4.78, 5) is 265. The third-order valence-electron chi connectivity index (χ3n) is 25.1. The van der Waals surface area contributed by atoms with Gasteiger partial charge >= 0.3 is 5.97 Å². The number of aromatic nitrogens is 2. The molecule has 50 heteroatoms. The average Bonchev–Trinajstić information content (AvgIpc) is 1.70. The molecule has 0 aliphatic heterocycles. The van der Waals surface area contributed by atoms with E-state index >= 15 is 38.4 Å². The maximum atomic E-state index is 15.6. The lowest BCUT2D eigenvalue weighted by Gasteiger charge is -2.31. The number of nitrogens with one attached hydrogen (secondary N) is 20. The van der Waals surface area contributed by atoms with Gasteiger partial charge in [-0.1, -0.05) is 107 Å². The van der Waals surface area contributed by atoms with E-state index in [9.17, 15) is 53.1 Å². The van der Waals surface area contributed by atoms with Gasteiger partial charge in [0.1, 0.15) is 84.6 Å². The van der Waals surface area contributed by atoms with E-state index < -0.39 is 234 Å². The number of para-hydroxylation sites is 2. The highest BCUT2D eigenvalue weighted by Gasteiger charge is 2.41. The fourth-order valence-corrected chi connectivity index (χ4v) is 16.7. The van der Waals surface area contributed by atoms with Gasteiger partial charge in [-0.25, -0.2) is 4.79 Å². The molecule has 0 radical (unpaired) electrons. The van der Waals surface area contributed by atoms with Gasteiger partial charge in [0.15, 0.2) is 11.9 Å². The first-order valence-corrected chi connectivity index (χ1v) is 51.7. The summed E-state index contributed by atoms with van der Waals surface area (Å²) >= 11 is 1.27. The number of guanidine groups is 2. The van der Waals surface area contributed by atoms with Crippen LogP contribution < -0.4 is 142 Å². The number of carbonyl (C=O) groups excluding carboxylic acids is 17. The van der Waals surface area contributed by atoms with Crippen LogP contribution in [-0.4, -0.2) is 275 Å². The summed E-state index contributed by atoms with van der Waals surface area (Å²) < 4.78 is 0. The van der Waals surface area contributed by atoms with Gasteiger partial charge < -0.3 is 157 Å². The maximum absolute atomic E-state index is 15.6. The Kier molecular flexibility index (Phi) is 56.2. The second-order valence-electron chi connectivity index (χ2n) is 36.8. The van der Waals surface area contributed by atoms with E-state index in [2.05, 4.69) is 95.0 Å². The number of carbonyl (C=O) groups is 18. The molecule has 49 nitrogen and oxygen atoms in total. The zero-order valence-electron chi connectivity index (χ0n) is 85.0. The standard InChI is InChI=1S/C98H156N30O19S/c1-6-55(3)80(128-89(139)70(38-40-78(105)130)115-82(132)62(103)29-23-46-111-97(107)108)94(144)121-67(34-17-21-44-101)88(138)127-81(56(4)7-2)95(145)126-75(51-59-54-114-64-31-14-12-28-61(59)64)92(142)123-73(49-57-25-9-8-10-26-57)90(140)119-69(37-39-77(104)129)86(136)125-76(52-79(106)131)93(143)118-68(36-24-47-112-98(109)110)83(133)120-71(41-48-148-5)87(137)116-66(33-16-20-43-100)85(135)124-74(50-58-53-113-63-30-13-11-27-60(58)63)91(141)117-65(32-15-19-42-99)84(134)122-72(96(146)147)35-18-22-45-102/h8-14,25-28,30-31,53-56,62,65-76,80-81,113-114H,6-7,15-24,29,32-52,99-103H2,1-5H3,(H2,104,129)(H2,105,130)(H2,106,131)(H,115,132)(H,116,137)(H,117,141)(H,118,143)(H,119,140)(H,120,133)(H,121,144)(H,122,134)(H,123,142)(H,124,135)(H,125,136)(H,126,145)(H,127,138)(H,128,139)(H,146,147)(H4,107,108,111)(H4,109,110,112)/t55-,56-,62-,65-,66-,67-,68-,69-,70-,71-,72-,73-,74-,75-,76-,80-,81-/m0/s1. The SMILES string of the molecule is CC[C@H](C)[C@H](NC(=O)[C@H](CCCCN)NC(=O)[C@@H](NC(=O)[C@H](CCC(N)=O)NC(=O)[C@@H](N)CCCNC(=N)N)[C@@H](C)CC)C(=O)N[C@@H](Cc1c[nH]c2ccccc12)C(=O)N[C@@H](Cc1ccccc1)C(=O)N[C@@H](CCC(N)=O)C(=O)N[C@@H](CC(N)=O)C(=O)N[C@@H](CCCNC(=N)N)C(=O)N[C@@H](CCSC)C(=O)N[C@@H](CCCCN)C(=O)N[C@@H](Cc1c[nH]c2ccccc12)C(=O)N[C@@H](CCCCN)C(=O)N[C@@H](CCCCN)C(=O)O. The molecule has 148 heavy (non-hydrogen) atoms. The normalized spacial score (nSPS) is 14.7. The largest absolute Gasteiger partial charge is 0.480 e. The summed E-state index contributed by atoms with van der Waals surface area (Å²) in [7, 11) is 0. The van der Waals surface area contributed by atoms with Gasteiger partial charge in [0.05, 0.1) is 12.5 Å². The zero-order valence-corrected chi connectivity index (χ0v) is 85.8. The summed E-state index contributed by atoms with van der Waals surface area (Å²) in [6.45, 7) is 7.76. The molecule has 41 N–H and O–H groups in total. The third-order valence-corrected chi connectivity index (χ3v) is 25.8. The van der Waals surface area contributed by atoms with Crippen LogP contribution in [0, 0.1) is 22.7 Å². The molecule has 0 bridgehead atoms. The van der Waals surface area contributed by atoms with Crippen molar-refractivity contribution >= 4 is 152 Å². The first kappa shape index (κ1) is 124. The molecule has 5 aromatic rings. The van der Waals surface area contributed by atoms with Gasteiger partial charge in [0.25, 0.3) is 0 Å². The number of carboxylic acid groups (broad SMARTS) is 1. The fraction of sp³-hybridized carbons (Fsp3) is 0.571. The topological polar surface area (TPSA) is 859 Å². The highest BCUT2D eigenvalue weighted by Crippen LogP contribution is 2.24. The van der Waals surface area contributed by atoms with Crippen molar-refractivity contribution in [1.29, 1.82) is 10.8 Å². The van der Waals surface area contributed by atoms with Crippen molar-refractivity contribution in [1.82, 2.24) is 95.0 Å². The number of fused-ring (bicyclic) bond motifs is 2. The number of rotatable bonds is 74. The molecule has 2 aromatic heterocycles. The minimum atomic E-state index is -2.01. The van der Waals surface area contributed by atoms with Crippen LogP contribution in [0.5, 0.6) is 0 Å². The maximum Gasteiger partial charge on any atom is 0.326 e. The lowest BCUT2D eigenvalue weighted by molar-refractivity contribution is -0.142. The number of thioether (sulfide) groups is 1. The average molecular weight is 2090 g/mol. The van der Waals surface area contributed by atoms with E-state index in [-0.39, 0.29) is 160 Å². The van der Waals surface area contributed by atoms with Gasteiger partial charge in [0, 0.05) is 79.4 Å². The molecule has 0 saturated carbocycles. The number of hydrogen-bond acceptors (Lipinski definition) is 26. The monoisotopic (exact) mass is 2090 g/mol. The number of aliphatic carboxylic acids is 1. The summed E-state index contributed by atoms with van der Waals surface area (Å²) in [5, 5.41) is 69.2. The van der Waals surface area contributed by atoms with E-state index in [0.29, 0.717) is 83.4 Å². The van der Waals surface area contributed by atoms with E-state index in [1.165, 1.54) is 11.8 Å². The van der Waals surface area contributed by atoms with Crippen LogP contribution in [0.25, 0.3) is 21.8 Å². The molecule has 5 rings (SSSR count). The van der Waals surface area contributed by atoms with Crippen molar-refractivity contribution in [3.63, 3.8) is 0 Å². The Bertz CT molecular complexity index is 5210. The second kappa shape index (κ2) is 66.9. The number of carboxylic acids is 1. The van der Waals surface area contributed by atoms with Crippen molar-refractivity contribution in [2.24, 2.45) is 69.2 Å². The number of primary amides is 3. The molecule has 0 fully saturated rings. The molecule has 0 unspecified atom stereocenters. The first-order valence-electron chi connectivity index (χ1n) is 50.3. The molecular formula is C98H156N30O19S. The lowest BCUT2D eigenvalue weighted by Crippen LogP contribution is -2.62. The molecule has 0 aliphatic rings. The minimum absolute atomic E-state index is 0.0147. The van der Waals surface area contributed by atoms with Gasteiger partial charge in [0.2, 0.25) is 100 Å². The van der Waals surface area contributed by atoms with E-state index in [4.69, 9.17) is 68.2 Å². The molecule has 17 amide bonds. The number of H-pyrrole nitrogens is 2. The van der Waals surface area contributed by atoms with Crippen molar-refractivity contribution in [2.45, 2.75) is 292 Å². The number of hydrogen-bond donors (Lipinski definition) is 31. The highest BCUT2D eigenvalue weighted by atomic mass is 32.2. The van der Waals surface area contributed by atoms with Crippen molar-refractivity contribution in [3.05, 3.63) is 108 Å². The quantitative estimate of drug-likeness (QED) is 0.0101. The Morgan fingerprint density at radius 3 is 1.00 bits per heavy atom. The van der Waals surface area contributed by atoms with Gasteiger partial charge in [-0.15, -0.1) is 0 Å². The van der Waals surface area contributed by atoms with Crippen LogP contribution in [0.15, 0.2) is 91.3 Å². The molecular weight excluding hydrogens is 1930 g/mol. The predicted molar refractivity (Wildman–Crippen MR) is 559 cm³/mol. The van der Waals surface area contributed by atoms with Crippen molar-refractivity contribution in [2.75, 3.05) is 51.3 Å². The Balaban J connectivity index is 1.49. The number of nitrogens with two attached hydrogens (primary N) is 10. The fourth-order valence-electron chi connectivity index (χ4n) is 16.2. The number of benzene rings is 3. The summed E-state index contributed by atoms with van der Waals surface area (Å²) in [5.41, 5.74) is 60.3. The van der Waals surface area contributed by atoms with Gasteiger partial charge in [-0.05, 0) is 201 Å². The Morgan fingerprint density at radius 1 is 0.338 bits per heavy atom. The summed E-state index contributed by atoms with van der Waals surface area (Å²) in [5.74, 6) is -19.6. The Hall–Kier alpha value is -14.1. The zero-order chi connectivity index (χ0) is 109. The Morgan fingerprint density at radius 2 is 0.635 bits per heavy atom. The Labute approximate surface area is 864 Å². The first-order chi connectivity index (χ1) is 70.6. The van der Waals surface area contributed by atoms with Crippen LogP contribution >= 0.6 is 11.8 Å². The highest BCUT2D eigenvalue weighted by molar-refractivity contribution is 7.98. The molecule has 2 heterocycles. The molecule has 0 saturated heterocycles. The number of amides is 17. The van der Waals surface area contributed by atoms with E-state index in [1.54, 1.807) is 125 Å². The summed E-state index contributed by atoms with van der Waals surface area (Å²) in [6, 6.07) is -0.526. The van der Waals surface area contributed by atoms with Crippen LogP contribution in [0.1, 0.15) is 198 Å². The second-order valence-corrected chi connectivity index (χ2v) is 37.8. The lowest BCUT2D eigenvalue weighted by atomic mass is 9.95. The molecule has 17 atom stereocenters. The van der Waals surface area contributed by atoms with Crippen LogP contribution in [0.4, 0.5) is 0 Å². The summed E-state index contributed by atoms with van der Waals surface area (Å²) in [6.07, 6.45) is 4.47. The molecule has 0 spiro atoms. The molecule has 0 aliphatic carbocycles. The third kappa shape index (κ3) is 44.3. The molecule has 818 valence electrons. The van der Waals surface area contributed by atoms with Gasteiger partial charge in [-0.3, -0.25) is 92.3 Å². The van der Waals surface area contributed by atoms with E-state index in [1.807, 2.05) is 0 Å². The number of aromatic amines is 2. The van der Waals surface area contributed by atoms with Gasteiger partial charge in [-0.2, -0.15) is 11.8 Å². The van der Waals surface area contributed by atoms with Crippen molar-refractivity contribution in [3.8, 4) is 0 Å². The van der Waals surface area contributed by atoms with Crippen LogP contribution in [-0.2, 0) is 106 Å². The minimum Gasteiger partial charge on any atom is -0.480 e. The number of unbranched alkanes of at least 4 members (excludes halogenated alkanes) is 4. The molecule has 3 aromatic carbocycles.